The maximum Gasteiger partial charge on any atom is 0.324 e. The Morgan fingerprint density at radius 2 is 2.00 bits per heavy atom. The molecule has 1 N–H and O–H groups in total. The molecule has 4 nitrogen and oxygen atoms in total. The first-order chi connectivity index (χ1) is 8.24. The molecule has 0 spiro atoms. The van der Waals surface area contributed by atoms with Crippen LogP contribution in [-0.4, -0.2) is 11.0 Å². The SMILES string of the molecule is O=[N+]([O-])c1ccc(CNC(C2CC2)C2CC2)s1. The van der Waals surface area contributed by atoms with Gasteiger partial charge in [0.2, 0.25) is 0 Å². The van der Waals surface area contributed by atoms with Crippen LogP contribution in [0.1, 0.15) is 30.6 Å². The molecule has 17 heavy (non-hydrogen) atoms. The number of hydrogen-bond donors (Lipinski definition) is 1. The molecule has 0 atom stereocenters. The summed E-state index contributed by atoms with van der Waals surface area (Å²) in [7, 11) is 0. The summed E-state index contributed by atoms with van der Waals surface area (Å²) >= 11 is 1.29. The lowest BCUT2D eigenvalue weighted by Gasteiger charge is -2.16. The summed E-state index contributed by atoms with van der Waals surface area (Å²) in [4.78, 5) is 11.3. The fraction of sp³-hybridized carbons (Fsp3) is 0.667. The predicted octanol–water partition coefficient (Wildman–Crippen LogP) is 2.93. The van der Waals surface area contributed by atoms with Crippen molar-refractivity contribution in [2.75, 3.05) is 0 Å². The molecule has 0 unspecified atom stereocenters. The molecule has 0 aliphatic heterocycles. The van der Waals surface area contributed by atoms with Crippen LogP contribution in [0.4, 0.5) is 5.00 Å². The number of nitrogens with one attached hydrogen (secondary N) is 1. The van der Waals surface area contributed by atoms with E-state index in [0.717, 1.165) is 23.3 Å². The van der Waals surface area contributed by atoms with Crippen LogP contribution in [0, 0.1) is 22.0 Å². The van der Waals surface area contributed by atoms with Crippen molar-refractivity contribution in [1.29, 1.82) is 0 Å². The standard InChI is InChI=1S/C12H16N2O2S/c15-14(16)11-6-5-10(17-11)7-13-12(8-1-2-8)9-3-4-9/h5-6,8-9,12-13H,1-4,7H2. The van der Waals surface area contributed by atoms with Crippen molar-refractivity contribution in [3.63, 3.8) is 0 Å². The highest BCUT2D eigenvalue weighted by Crippen LogP contribution is 2.44. The van der Waals surface area contributed by atoms with Crippen LogP contribution < -0.4 is 5.32 Å². The molecular formula is C12H16N2O2S. The Morgan fingerprint density at radius 1 is 1.35 bits per heavy atom. The van der Waals surface area contributed by atoms with Gasteiger partial charge < -0.3 is 5.32 Å². The van der Waals surface area contributed by atoms with Crippen LogP contribution in [0.2, 0.25) is 0 Å². The molecule has 3 rings (SSSR count). The van der Waals surface area contributed by atoms with Gasteiger partial charge in [0.15, 0.2) is 0 Å². The van der Waals surface area contributed by atoms with Crippen LogP contribution in [0.25, 0.3) is 0 Å². The first kappa shape index (κ1) is 11.2. The van der Waals surface area contributed by atoms with Crippen molar-refractivity contribution in [1.82, 2.24) is 5.32 Å². The van der Waals surface area contributed by atoms with Crippen LogP contribution in [0.3, 0.4) is 0 Å². The molecule has 0 aromatic carbocycles. The van der Waals surface area contributed by atoms with Crippen LogP contribution in [-0.2, 0) is 6.54 Å². The summed E-state index contributed by atoms with van der Waals surface area (Å²) in [5, 5.41) is 14.4. The number of nitro groups is 1. The van der Waals surface area contributed by atoms with E-state index in [1.54, 1.807) is 6.07 Å². The Labute approximate surface area is 104 Å². The topological polar surface area (TPSA) is 55.2 Å². The van der Waals surface area contributed by atoms with Crippen molar-refractivity contribution >= 4 is 16.3 Å². The zero-order chi connectivity index (χ0) is 11.8. The van der Waals surface area contributed by atoms with E-state index in [0.29, 0.717) is 6.04 Å². The van der Waals surface area contributed by atoms with E-state index in [4.69, 9.17) is 0 Å². The summed E-state index contributed by atoms with van der Waals surface area (Å²) in [6.45, 7) is 0.788. The third kappa shape index (κ3) is 2.66. The van der Waals surface area contributed by atoms with E-state index >= 15 is 0 Å². The normalized spacial score (nSPS) is 19.8. The van der Waals surface area contributed by atoms with Gasteiger partial charge in [-0.1, -0.05) is 11.3 Å². The van der Waals surface area contributed by atoms with Crippen molar-refractivity contribution in [3.05, 3.63) is 27.1 Å². The monoisotopic (exact) mass is 252 g/mol. The first-order valence-corrected chi connectivity index (χ1v) is 7.02. The lowest BCUT2D eigenvalue weighted by molar-refractivity contribution is -0.380. The smallest absolute Gasteiger partial charge is 0.309 e. The molecule has 5 heteroatoms. The number of nitrogens with zero attached hydrogens (tertiary/aromatic N) is 1. The Kier molecular flexibility index (Phi) is 2.88. The van der Waals surface area contributed by atoms with Gasteiger partial charge in [0.05, 0.1) is 4.92 Å². The van der Waals surface area contributed by atoms with Gasteiger partial charge in [-0.15, -0.1) is 0 Å². The Balaban J connectivity index is 1.56. The Bertz CT molecular complexity index is 412. The number of hydrogen-bond acceptors (Lipinski definition) is 4. The van der Waals surface area contributed by atoms with E-state index in [9.17, 15) is 10.1 Å². The minimum atomic E-state index is -0.312. The number of rotatable bonds is 6. The quantitative estimate of drug-likeness (QED) is 0.625. The summed E-state index contributed by atoms with van der Waals surface area (Å²) in [6.07, 6.45) is 5.44. The van der Waals surface area contributed by atoms with Gasteiger partial charge in [-0.3, -0.25) is 10.1 Å². The lowest BCUT2D eigenvalue weighted by atomic mass is 10.1. The van der Waals surface area contributed by atoms with Gasteiger partial charge in [0, 0.05) is 23.5 Å². The third-order valence-electron chi connectivity index (χ3n) is 3.60. The molecule has 92 valence electrons. The Hall–Kier alpha value is -0.940. The van der Waals surface area contributed by atoms with Crippen LogP contribution >= 0.6 is 11.3 Å². The molecule has 1 heterocycles. The van der Waals surface area contributed by atoms with Gasteiger partial charge in [-0.25, -0.2) is 0 Å². The van der Waals surface area contributed by atoms with Gasteiger partial charge in [0.25, 0.3) is 0 Å². The summed E-state index contributed by atoms with van der Waals surface area (Å²) in [5.74, 6) is 1.75. The van der Waals surface area contributed by atoms with Crippen molar-refractivity contribution in [2.45, 2.75) is 38.3 Å². The molecule has 1 aromatic rings. The van der Waals surface area contributed by atoms with Gasteiger partial charge >= 0.3 is 5.00 Å². The minimum absolute atomic E-state index is 0.246. The molecule has 0 saturated heterocycles. The molecule has 0 radical (unpaired) electrons. The first-order valence-electron chi connectivity index (χ1n) is 6.20. The second kappa shape index (κ2) is 4.38. The Morgan fingerprint density at radius 3 is 2.47 bits per heavy atom. The van der Waals surface area contributed by atoms with E-state index in [1.807, 2.05) is 6.07 Å². The average molecular weight is 252 g/mol. The number of thiophene rings is 1. The van der Waals surface area contributed by atoms with Gasteiger partial charge in [0.1, 0.15) is 0 Å². The van der Waals surface area contributed by atoms with Gasteiger partial charge in [-0.05, 0) is 43.6 Å². The zero-order valence-corrected chi connectivity index (χ0v) is 10.4. The summed E-state index contributed by atoms with van der Waals surface area (Å²) in [5.41, 5.74) is 0. The van der Waals surface area contributed by atoms with E-state index < -0.39 is 0 Å². The average Bonchev–Trinajstić information content (AvgIpc) is 3.20. The molecule has 0 bridgehead atoms. The fourth-order valence-corrected chi connectivity index (χ4v) is 3.18. The summed E-state index contributed by atoms with van der Waals surface area (Å²) < 4.78 is 0. The van der Waals surface area contributed by atoms with Crippen molar-refractivity contribution < 1.29 is 4.92 Å². The summed E-state index contributed by atoms with van der Waals surface area (Å²) in [6, 6.07) is 4.13. The maximum atomic E-state index is 10.6. The van der Waals surface area contributed by atoms with Crippen molar-refractivity contribution in [2.24, 2.45) is 11.8 Å². The van der Waals surface area contributed by atoms with Crippen LogP contribution in [0.5, 0.6) is 0 Å². The predicted molar refractivity (Wildman–Crippen MR) is 67.0 cm³/mol. The van der Waals surface area contributed by atoms with Gasteiger partial charge in [-0.2, -0.15) is 0 Å². The third-order valence-corrected chi connectivity index (χ3v) is 4.64. The molecule has 1 aromatic heterocycles. The molecule has 2 aliphatic rings. The van der Waals surface area contributed by atoms with Crippen molar-refractivity contribution in [3.8, 4) is 0 Å². The molecule has 2 aliphatic carbocycles. The second-order valence-electron chi connectivity index (χ2n) is 5.08. The molecular weight excluding hydrogens is 236 g/mol. The molecule has 2 saturated carbocycles. The second-order valence-corrected chi connectivity index (χ2v) is 6.23. The van der Waals surface area contributed by atoms with E-state index in [1.165, 1.54) is 37.0 Å². The molecule has 0 amide bonds. The molecule has 2 fully saturated rings. The highest BCUT2D eigenvalue weighted by Gasteiger charge is 2.40. The minimum Gasteiger partial charge on any atom is -0.309 e. The van der Waals surface area contributed by atoms with E-state index in [2.05, 4.69) is 5.32 Å². The van der Waals surface area contributed by atoms with E-state index in [-0.39, 0.29) is 9.92 Å². The maximum absolute atomic E-state index is 10.6. The largest absolute Gasteiger partial charge is 0.324 e. The highest BCUT2D eigenvalue weighted by atomic mass is 32.1. The zero-order valence-electron chi connectivity index (χ0n) is 9.59. The van der Waals surface area contributed by atoms with Crippen LogP contribution in [0.15, 0.2) is 12.1 Å². The fourth-order valence-electron chi connectivity index (χ4n) is 2.41. The lowest BCUT2D eigenvalue weighted by Crippen LogP contribution is -2.32. The highest BCUT2D eigenvalue weighted by molar-refractivity contribution is 7.15.